The number of esters is 1. The number of ether oxygens (including phenoxy) is 1. The number of fused-ring (bicyclic) bond motifs is 3. The van der Waals surface area contributed by atoms with Crippen LogP contribution in [0.3, 0.4) is 0 Å². The van der Waals surface area contributed by atoms with Crippen LogP contribution in [0.5, 0.6) is 0 Å². The van der Waals surface area contributed by atoms with Gasteiger partial charge in [-0.1, -0.05) is 20.3 Å². The summed E-state index contributed by atoms with van der Waals surface area (Å²) in [7, 11) is -3.29. The van der Waals surface area contributed by atoms with E-state index in [4.69, 9.17) is 18.3 Å². The highest BCUT2D eigenvalue weighted by Crippen LogP contribution is 2.59. The summed E-state index contributed by atoms with van der Waals surface area (Å²) in [4.78, 5) is 11.6. The number of phosphoric ester groups is 1. The first-order valence-electron chi connectivity index (χ1n) is 6.62. The molecule has 3 fully saturated rings. The fraction of sp³-hybridized carbons (Fsp3) is 0.917. The minimum absolute atomic E-state index is 0.188. The van der Waals surface area contributed by atoms with Gasteiger partial charge in [-0.15, -0.1) is 0 Å². The van der Waals surface area contributed by atoms with E-state index < -0.39 is 13.2 Å². The Morgan fingerprint density at radius 3 is 2.37 bits per heavy atom. The zero-order chi connectivity index (χ0) is 13.9. The molecule has 0 aromatic rings. The molecule has 0 aromatic heterocycles. The van der Waals surface area contributed by atoms with Crippen molar-refractivity contribution in [2.45, 2.75) is 33.1 Å². The molecular weight excluding hydrogens is 271 g/mol. The van der Waals surface area contributed by atoms with Crippen LogP contribution in [0.1, 0.15) is 33.1 Å². The summed E-state index contributed by atoms with van der Waals surface area (Å²) in [5.74, 6) is 0.377. The zero-order valence-corrected chi connectivity index (χ0v) is 12.3. The van der Waals surface area contributed by atoms with Gasteiger partial charge in [0.25, 0.3) is 0 Å². The fourth-order valence-electron chi connectivity index (χ4n) is 1.97. The van der Waals surface area contributed by atoms with Crippen molar-refractivity contribution < 1.29 is 27.7 Å². The van der Waals surface area contributed by atoms with Crippen LogP contribution in [-0.2, 0) is 27.7 Å². The molecule has 7 heteroatoms. The third-order valence-corrected chi connectivity index (χ3v) is 4.62. The van der Waals surface area contributed by atoms with Gasteiger partial charge in [0.05, 0.1) is 25.2 Å². The number of hydrogen-bond acceptors (Lipinski definition) is 6. The van der Waals surface area contributed by atoms with Gasteiger partial charge in [0, 0.05) is 6.42 Å². The van der Waals surface area contributed by atoms with Crippen LogP contribution in [0.2, 0.25) is 0 Å². The lowest BCUT2D eigenvalue weighted by Gasteiger charge is -2.43. The molecule has 3 aliphatic rings. The van der Waals surface area contributed by atoms with E-state index in [2.05, 4.69) is 13.8 Å². The van der Waals surface area contributed by atoms with Gasteiger partial charge in [-0.05, 0) is 12.3 Å². The topological polar surface area (TPSA) is 71.1 Å². The maximum Gasteiger partial charge on any atom is 0.474 e. The van der Waals surface area contributed by atoms with Crippen LogP contribution >= 0.6 is 7.82 Å². The molecule has 0 aliphatic carbocycles. The van der Waals surface area contributed by atoms with Gasteiger partial charge in [-0.2, -0.15) is 0 Å². The first-order chi connectivity index (χ1) is 8.93. The average Bonchev–Trinajstić information content (AvgIpc) is 2.38. The molecule has 110 valence electrons. The summed E-state index contributed by atoms with van der Waals surface area (Å²) >= 11 is 0. The monoisotopic (exact) mass is 292 g/mol. The lowest BCUT2D eigenvalue weighted by Crippen LogP contribution is -2.48. The number of carbonyl (C=O) groups is 1. The molecule has 3 saturated heterocycles. The lowest BCUT2D eigenvalue weighted by molar-refractivity contribution is -0.160. The van der Waals surface area contributed by atoms with E-state index >= 15 is 0 Å². The van der Waals surface area contributed by atoms with E-state index in [9.17, 15) is 9.36 Å². The second-order valence-corrected chi connectivity index (χ2v) is 7.38. The summed E-state index contributed by atoms with van der Waals surface area (Å²) in [5.41, 5.74) is -0.500. The van der Waals surface area contributed by atoms with Gasteiger partial charge in [0.15, 0.2) is 0 Å². The van der Waals surface area contributed by atoms with E-state index in [1.54, 1.807) is 0 Å². The quantitative estimate of drug-likeness (QED) is 0.553. The molecule has 0 aromatic carbocycles. The van der Waals surface area contributed by atoms with Crippen molar-refractivity contribution in [1.29, 1.82) is 0 Å². The van der Waals surface area contributed by atoms with Crippen LogP contribution in [0.4, 0.5) is 0 Å². The molecule has 6 nitrogen and oxygen atoms in total. The lowest BCUT2D eigenvalue weighted by atomic mass is 9.92. The Morgan fingerprint density at radius 2 is 1.84 bits per heavy atom. The van der Waals surface area contributed by atoms with Gasteiger partial charge in [0.2, 0.25) is 0 Å². The van der Waals surface area contributed by atoms with E-state index in [1.807, 2.05) is 0 Å². The Kier molecular flexibility index (Phi) is 4.66. The first-order valence-corrected chi connectivity index (χ1v) is 8.08. The van der Waals surface area contributed by atoms with Crippen LogP contribution in [0.15, 0.2) is 0 Å². The predicted octanol–water partition coefficient (Wildman–Crippen LogP) is 2.53. The van der Waals surface area contributed by atoms with Crippen LogP contribution in [-0.4, -0.2) is 32.4 Å². The van der Waals surface area contributed by atoms with Crippen molar-refractivity contribution in [3.05, 3.63) is 0 Å². The van der Waals surface area contributed by atoms with E-state index in [0.717, 1.165) is 12.8 Å². The molecule has 0 spiro atoms. The standard InChI is InChI=1S/C12H21O6P/c1-10(2)4-3-5-11(13)15-6-12-7-16-19(14,17-8-12)18-9-12/h10H,3-9H2,1-2H3. The SMILES string of the molecule is CC(C)CCCC(=O)OCC12COP(=O)(OC1)OC2. The van der Waals surface area contributed by atoms with Gasteiger partial charge in [-0.3, -0.25) is 18.4 Å². The van der Waals surface area contributed by atoms with Crippen LogP contribution < -0.4 is 0 Å². The molecule has 3 aliphatic heterocycles. The Balaban J connectivity index is 1.70. The van der Waals surface area contributed by atoms with Gasteiger partial charge >= 0.3 is 13.8 Å². The highest BCUT2D eigenvalue weighted by Gasteiger charge is 2.51. The summed E-state index contributed by atoms with van der Waals surface area (Å²) in [5, 5.41) is 0. The Morgan fingerprint density at radius 1 is 1.26 bits per heavy atom. The largest absolute Gasteiger partial charge is 0.474 e. The molecule has 19 heavy (non-hydrogen) atoms. The van der Waals surface area contributed by atoms with E-state index in [0.29, 0.717) is 12.3 Å². The maximum absolute atomic E-state index is 11.6. The summed E-state index contributed by atoms with van der Waals surface area (Å²) in [6, 6.07) is 0. The fourth-order valence-corrected chi connectivity index (χ4v) is 3.49. The number of carbonyl (C=O) groups excluding carboxylic acids is 1. The smallest absolute Gasteiger partial charge is 0.465 e. The maximum atomic E-state index is 11.6. The van der Waals surface area contributed by atoms with E-state index in [-0.39, 0.29) is 32.4 Å². The molecule has 0 unspecified atom stereocenters. The number of phosphoric acid groups is 1. The van der Waals surface area contributed by atoms with Crippen molar-refractivity contribution in [2.75, 3.05) is 26.4 Å². The molecule has 0 N–H and O–H groups in total. The number of rotatable bonds is 6. The summed E-state index contributed by atoms with van der Waals surface area (Å²) in [6.07, 6.45) is 2.27. The highest BCUT2D eigenvalue weighted by atomic mass is 31.2. The third kappa shape index (κ3) is 4.02. The molecule has 3 heterocycles. The first kappa shape index (κ1) is 15.0. The zero-order valence-electron chi connectivity index (χ0n) is 11.4. The molecule has 0 saturated carbocycles. The molecule has 0 atom stereocenters. The second-order valence-electron chi connectivity index (χ2n) is 5.71. The minimum atomic E-state index is -3.29. The predicted molar refractivity (Wildman–Crippen MR) is 67.5 cm³/mol. The molecular formula is C12H21O6P. The van der Waals surface area contributed by atoms with Crippen molar-refractivity contribution in [2.24, 2.45) is 11.3 Å². The molecule has 2 bridgehead atoms. The van der Waals surface area contributed by atoms with Gasteiger partial charge < -0.3 is 4.74 Å². The third-order valence-electron chi connectivity index (χ3n) is 3.29. The van der Waals surface area contributed by atoms with E-state index in [1.165, 1.54) is 0 Å². The average molecular weight is 292 g/mol. The molecule has 0 radical (unpaired) electrons. The van der Waals surface area contributed by atoms with Gasteiger partial charge in [-0.25, -0.2) is 4.57 Å². The van der Waals surface area contributed by atoms with Crippen molar-refractivity contribution >= 4 is 13.8 Å². The number of hydrogen-bond donors (Lipinski definition) is 0. The second kappa shape index (κ2) is 5.92. The van der Waals surface area contributed by atoms with Crippen molar-refractivity contribution in [3.63, 3.8) is 0 Å². The Labute approximate surface area is 113 Å². The molecule has 0 amide bonds. The Hall–Kier alpha value is -0.420. The van der Waals surface area contributed by atoms with Crippen LogP contribution in [0, 0.1) is 11.3 Å². The molecule has 3 rings (SSSR count). The Bertz CT molecular complexity index is 349. The van der Waals surface area contributed by atoms with Crippen molar-refractivity contribution in [3.8, 4) is 0 Å². The normalized spacial score (nSPS) is 33.6. The highest BCUT2D eigenvalue weighted by molar-refractivity contribution is 7.48. The summed E-state index contributed by atoms with van der Waals surface area (Å²) in [6.45, 7) is 5.20. The summed E-state index contributed by atoms with van der Waals surface area (Å²) < 4.78 is 31.9. The minimum Gasteiger partial charge on any atom is -0.465 e. The van der Waals surface area contributed by atoms with Gasteiger partial charge in [0.1, 0.15) is 6.61 Å². The van der Waals surface area contributed by atoms with Crippen LogP contribution in [0.25, 0.3) is 0 Å². The van der Waals surface area contributed by atoms with Crippen molar-refractivity contribution in [1.82, 2.24) is 0 Å².